The van der Waals surface area contributed by atoms with E-state index >= 15 is 0 Å². The Kier molecular flexibility index (Phi) is 3.52. The summed E-state index contributed by atoms with van der Waals surface area (Å²) in [7, 11) is 1.84. The molecule has 2 rings (SSSR count). The molecular weight excluding hydrogens is 252 g/mol. The fourth-order valence-electron chi connectivity index (χ4n) is 1.47. The third-order valence-corrected chi connectivity index (χ3v) is 3.41. The molecule has 0 saturated heterocycles. The lowest BCUT2D eigenvalue weighted by Gasteiger charge is -2.04. The van der Waals surface area contributed by atoms with Crippen LogP contribution in [0.3, 0.4) is 0 Å². The van der Waals surface area contributed by atoms with Gasteiger partial charge in [0.15, 0.2) is 0 Å². The number of hydrogen-bond donors (Lipinski definition) is 1. The van der Waals surface area contributed by atoms with Crippen LogP contribution in [0, 0.1) is 10.1 Å². The molecule has 1 aromatic heterocycles. The number of anilines is 1. The van der Waals surface area contributed by atoms with Gasteiger partial charge in [-0.05, 0) is 11.6 Å². The summed E-state index contributed by atoms with van der Waals surface area (Å²) >= 11 is 1.54. The third-order valence-electron chi connectivity index (χ3n) is 2.41. The van der Waals surface area contributed by atoms with E-state index in [-0.39, 0.29) is 5.69 Å². The highest BCUT2D eigenvalue weighted by atomic mass is 32.2. The van der Waals surface area contributed by atoms with Crippen molar-refractivity contribution < 1.29 is 4.92 Å². The first-order valence-corrected chi connectivity index (χ1v) is 6.19. The van der Waals surface area contributed by atoms with Crippen LogP contribution in [-0.2, 0) is 12.8 Å². The number of benzene rings is 1. The Morgan fingerprint density at radius 1 is 1.56 bits per heavy atom. The van der Waals surface area contributed by atoms with Gasteiger partial charge in [-0.15, -0.1) is 11.8 Å². The van der Waals surface area contributed by atoms with Crippen LogP contribution in [0.1, 0.15) is 5.56 Å². The van der Waals surface area contributed by atoms with E-state index in [1.165, 1.54) is 12.1 Å². The van der Waals surface area contributed by atoms with Crippen LogP contribution < -0.4 is 5.73 Å². The molecule has 0 aliphatic carbocycles. The summed E-state index contributed by atoms with van der Waals surface area (Å²) < 4.78 is 1.71. The van der Waals surface area contributed by atoms with Crippen LogP contribution in [0.2, 0.25) is 0 Å². The molecule has 0 fully saturated rings. The fraction of sp³-hybridized carbons (Fsp3) is 0.182. The average Bonchev–Trinajstić information content (AvgIpc) is 2.74. The minimum absolute atomic E-state index is 0.0611. The summed E-state index contributed by atoms with van der Waals surface area (Å²) in [6.45, 7) is 0. The van der Waals surface area contributed by atoms with Crippen molar-refractivity contribution in [3.8, 4) is 0 Å². The normalized spacial score (nSPS) is 10.5. The number of nitrogens with zero attached hydrogens (tertiary/aromatic N) is 3. The maximum absolute atomic E-state index is 10.7. The Morgan fingerprint density at radius 3 is 2.94 bits per heavy atom. The van der Waals surface area contributed by atoms with Crippen molar-refractivity contribution in [2.45, 2.75) is 10.6 Å². The third kappa shape index (κ3) is 2.80. The second-order valence-corrected chi connectivity index (χ2v) is 4.83. The summed E-state index contributed by atoms with van der Waals surface area (Å²) in [6.07, 6.45) is 3.64. The van der Waals surface area contributed by atoms with Crippen molar-refractivity contribution >= 4 is 23.1 Å². The Morgan fingerprint density at radius 2 is 2.33 bits per heavy atom. The van der Waals surface area contributed by atoms with E-state index in [1.54, 1.807) is 28.7 Å². The molecule has 0 saturated carbocycles. The van der Waals surface area contributed by atoms with Crippen molar-refractivity contribution in [1.29, 1.82) is 0 Å². The lowest BCUT2D eigenvalue weighted by molar-refractivity contribution is -0.384. The minimum atomic E-state index is -0.419. The molecule has 0 spiro atoms. The average molecular weight is 264 g/mol. The number of aryl methyl sites for hydroxylation is 1. The van der Waals surface area contributed by atoms with Gasteiger partial charge in [-0.25, -0.2) is 0 Å². The standard InChI is InChI=1S/C11H12N4O2S/c1-14-6-10(5-13-14)18-7-8-4-9(15(16)17)2-3-11(8)12/h2-6H,7,12H2,1H3. The zero-order valence-corrected chi connectivity index (χ0v) is 10.6. The van der Waals surface area contributed by atoms with Crippen molar-refractivity contribution in [3.05, 3.63) is 46.3 Å². The van der Waals surface area contributed by atoms with Gasteiger partial charge in [-0.2, -0.15) is 5.10 Å². The number of nitro groups is 1. The van der Waals surface area contributed by atoms with Crippen LogP contribution >= 0.6 is 11.8 Å². The second kappa shape index (κ2) is 5.09. The lowest BCUT2D eigenvalue weighted by Crippen LogP contribution is -1.95. The van der Waals surface area contributed by atoms with E-state index in [2.05, 4.69) is 5.10 Å². The van der Waals surface area contributed by atoms with Crippen LogP contribution in [0.4, 0.5) is 11.4 Å². The lowest BCUT2D eigenvalue weighted by atomic mass is 10.2. The Balaban J connectivity index is 2.13. The number of rotatable bonds is 4. The highest BCUT2D eigenvalue weighted by Gasteiger charge is 2.09. The van der Waals surface area contributed by atoms with Gasteiger partial charge in [0, 0.05) is 41.7 Å². The summed E-state index contributed by atoms with van der Waals surface area (Å²) in [5.41, 5.74) is 7.19. The van der Waals surface area contributed by atoms with Gasteiger partial charge in [0.1, 0.15) is 0 Å². The zero-order chi connectivity index (χ0) is 13.1. The molecule has 0 aliphatic heterocycles. The maximum atomic E-state index is 10.7. The summed E-state index contributed by atoms with van der Waals surface area (Å²) in [6, 6.07) is 4.49. The van der Waals surface area contributed by atoms with E-state index < -0.39 is 4.92 Å². The van der Waals surface area contributed by atoms with Gasteiger partial charge in [0.2, 0.25) is 0 Å². The van der Waals surface area contributed by atoms with Gasteiger partial charge < -0.3 is 5.73 Å². The van der Waals surface area contributed by atoms with Gasteiger partial charge in [0.25, 0.3) is 5.69 Å². The van der Waals surface area contributed by atoms with Crippen molar-refractivity contribution in [2.75, 3.05) is 5.73 Å². The Hall–Kier alpha value is -2.02. The van der Waals surface area contributed by atoms with Crippen LogP contribution in [0.15, 0.2) is 35.5 Å². The molecule has 0 atom stereocenters. The molecule has 0 unspecified atom stereocenters. The molecule has 2 N–H and O–H groups in total. The highest BCUT2D eigenvalue weighted by molar-refractivity contribution is 7.98. The van der Waals surface area contributed by atoms with E-state index in [0.717, 1.165) is 10.5 Å². The maximum Gasteiger partial charge on any atom is 0.269 e. The van der Waals surface area contributed by atoms with Crippen molar-refractivity contribution in [3.63, 3.8) is 0 Å². The quantitative estimate of drug-likeness (QED) is 0.396. The van der Waals surface area contributed by atoms with Crippen LogP contribution in [-0.4, -0.2) is 14.7 Å². The fourth-order valence-corrected chi connectivity index (χ4v) is 2.39. The molecule has 2 aromatic rings. The van der Waals surface area contributed by atoms with Crippen LogP contribution in [0.5, 0.6) is 0 Å². The number of thioether (sulfide) groups is 1. The van der Waals surface area contributed by atoms with E-state index in [9.17, 15) is 10.1 Å². The molecule has 0 aliphatic rings. The Bertz CT molecular complexity index is 582. The predicted octanol–water partition coefficient (Wildman–Crippen LogP) is 2.20. The SMILES string of the molecule is Cn1cc(SCc2cc([N+](=O)[O-])ccc2N)cn1. The smallest absolute Gasteiger partial charge is 0.269 e. The molecule has 0 bridgehead atoms. The largest absolute Gasteiger partial charge is 0.398 e. The molecule has 18 heavy (non-hydrogen) atoms. The number of nitrogens with two attached hydrogens (primary N) is 1. The van der Waals surface area contributed by atoms with Gasteiger partial charge in [-0.3, -0.25) is 14.8 Å². The van der Waals surface area contributed by atoms with Crippen molar-refractivity contribution in [1.82, 2.24) is 9.78 Å². The summed E-state index contributed by atoms with van der Waals surface area (Å²) in [5.74, 6) is 0.583. The molecule has 1 aromatic carbocycles. The second-order valence-electron chi connectivity index (χ2n) is 3.78. The monoisotopic (exact) mass is 264 g/mol. The molecule has 0 radical (unpaired) electrons. The van der Waals surface area contributed by atoms with Gasteiger partial charge in [0.05, 0.1) is 11.1 Å². The number of nitrogen functional groups attached to an aromatic ring is 1. The van der Waals surface area contributed by atoms with E-state index in [1.807, 2.05) is 13.2 Å². The summed E-state index contributed by atoms with van der Waals surface area (Å²) in [4.78, 5) is 11.3. The van der Waals surface area contributed by atoms with E-state index in [4.69, 9.17) is 5.73 Å². The first kappa shape index (κ1) is 12.4. The molecule has 6 nitrogen and oxygen atoms in total. The number of nitro benzene ring substituents is 1. The van der Waals surface area contributed by atoms with Gasteiger partial charge >= 0.3 is 0 Å². The Labute approximate surface area is 108 Å². The molecule has 0 amide bonds. The van der Waals surface area contributed by atoms with E-state index in [0.29, 0.717) is 11.4 Å². The van der Waals surface area contributed by atoms with Crippen LogP contribution in [0.25, 0.3) is 0 Å². The van der Waals surface area contributed by atoms with Gasteiger partial charge in [-0.1, -0.05) is 0 Å². The molecule has 94 valence electrons. The molecule has 1 heterocycles. The summed E-state index contributed by atoms with van der Waals surface area (Å²) in [5, 5.41) is 14.7. The number of non-ortho nitro benzene ring substituents is 1. The minimum Gasteiger partial charge on any atom is -0.398 e. The topological polar surface area (TPSA) is 87.0 Å². The molecule has 7 heteroatoms. The zero-order valence-electron chi connectivity index (χ0n) is 9.74. The highest BCUT2D eigenvalue weighted by Crippen LogP contribution is 2.27. The predicted molar refractivity (Wildman–Crippen MR) is 70.3 cm³/mol. The first-order valence-electron chi connectivity index (χ1n) is 5.20. The first-order chi connectivity index (χ1) is 8.56. The number of hydrogen-bond acceptors (Lipinski definition) is 5. The van der Waals surface area contributed by atoms with Crippen molar-refractivity contribution in [2.24, 2.45) is 7.05 Å². The number of aromatic nitrogens is 2. The molecular formula is C11H12N4O2S.